The van der Waals surface area contributed by atoms with Gasteiger partial charge < -0.3 is 18.9 Å². The van der Waals surface area contributed by atoms with Gasteiger partial charge in [0.25, 0.3) is 0 Å². The zero-order valence-corrected chi connectivity index (χ0v) is 19.5. The second kappa shape index (κ2) is 9.15. The van der Waals surface area contributed by atoms with E-state index in [1.165, 1.54) is 6.42 Å². The van der Waals surface area contributed by atoms with Crippen LogP contribution in [0.1, 0.15) is 52.4 Å². The van der Waals surface area contributed by atoms with Gasteiger partial charge in [0.1, 0.15) is 12.7 Å². The number of rotatable bonds is 8. The summed E-state index contributed by atoms with van der Waals surface area (Å²) in [6.07, 6.45) is 6.33. The molecule has 4 rings (SSSR count). The minimum atomic E-state index is -1.13. The lowest BCUT2D eigenvalue weighted by atomic mass is 9.55. The van der Waals surface area contributed by atoms with E-state index in [0.717, 1.165) is 44.8 Å². The molecule has 0 aromatic heterocycles. The Morgan fingerprint density at radius 3 is 2.54 bits per heavy atom. The molecule has 5 nitrogen and oxygen atoms in total. The third kappa shape index (κ3) is 6.03. The molecule has 0 aromatic carbocycles. The molecule has 4 fully saturated rings. The highest BCUT2D eigenvalue weighted by Gasteiger charge is 2.53. The summed E-state index contributed by atoms with van der Waals surface area (Å²) < 4.78 is 23.7. The molecule has 0 spiro atoms. The van der Waals surface area contributed by atoms with Gasteiger partial charge in [-0.25, -0.2) is 4.79 Å². The molecular weight excluding hydrogens is 372 g/mol. The molecule has 162 valence electrons. The molecule has 0 unspecified atom stereocenters. The molecule has 5 atom stereocenters. The van der Waals surface area contributed by atoms with Crippen molar-refractivity contribution in [2.75, 3.05) is 19.8 Å². The molecule has 1 aliphatic heterocycles. The summed E-state index contributed by atoms with van der Waals surface area (Å²) in [5.74, 6) is 0.562. The van der Waals surface area contributed by atoms with Crippen molar-refractivity contribution >= 4 is 14.0 Å². The number of carbonyl (C=O) groups excluding carboxylic acids is 1. The molecule has 0 N–H and O–H groups in total. The van der Waals surface area contributed by atoms with Gasteiger partial charge in [0.15, 0.2) is 6.29 Å². The van der Waals surface area contributed by atoms with Gasteiger partial charge in [-0.2, -0.15) is 0 Å². The highest BCUT2D eigenvalue weighted by atomic mass is 28.3. The van der Waals surface area contributed by atoms with Crippen molar-refractivity contribution in [1.29, 1.82) is 0 Å². The van der Waals surface area contributed by atoms with Crippen LogP contribution in [0.5, 0.6) is 0 Å². The summed E-state index contributed by atoms with van der Waals surface area (Å²) in [6, 6.07) is 1.07. The number of hydrogen-bond acceptors (Lipinski definition) is 5. The molecule has 0 radical (unpaired) electrons. The summed E-state index contributed by atoms with van der Waals surface area (Å²) in [5.41, 5.74) is 0.286. The predicted molar refractivity (Wildman–Crippen MR) is 112 cm³/mol. The van der Waals surface area contributed by atoms with Crippen LogP contribution in [0.2, 0.25) is 25.7 Å². The molecule has 4 aliphatic rings. The first-order valence-electron chi connectivity index (χ1n) is 11.2. The van der Waals surface area contributed by atoms with Crippen LogP contribution in [0.25, 0.3) is 0 Å². The zero-order chi connectivity index (χ0) is 20.4. The van der Waals surface area contributed by atoms with E-state index in [1.807, 2.05) is 0 Å². The predicted octanol–water partition coefficient (Wildman–Crippen LogP) is 4.62. The van der Waals surface area contributed by atoms with Crippen molar-refractivity contribution < 1.29 is 23.7 Å². The molecule has 6 heteroatoms. The minimum absolute atomic E-state index is 0.0477. The number of hydrogen-bond donors (Lipinski definition) is 0. The van der Waals surface area contributed by atoms with Crippen molar-refractivity contribution in [2.24, 2.45) is 17.3 Å². The van der Waals surface area contributed by atoms with Gasteiger partial charge in [0.2, 0.25) is 0 Å². The third-order valence-electron chi connectivity index (χ3n) is 6.82. The largest absolute Gasteiger partial charge is 0.460 e. The normalized spacial score (nSPS) is 35.0. The van der Waals surface area contributed by atoms with Crippen LogP contribution in [-0.4, -0.2) is 52.4 Å². The fourth-order valence-corrected chi connectivity index (χ4v) is 5.72. The lowest BCUT2D eigenvalue weighted by molar-refractivity contribution is -0.243. The smallest absolute Gasteiger partial charge is 0.332 e. The van der Waals surface area contributed by atoms with Crippen molar-refractivity contribution in [1.82, 2.24) is 0 Å². The van der Waals surface area contributed by atoms with E-state index in [0.29, 0.717) is 12.5 Å². The van der Waals surface area contributed by atoms with Crippen LogP contribution < -0.4 is 0 Å². The molecule has 1 heterocycles. The Bertz CT molecular complexity index is 524. The van der Waals surface area contributed by atoms with Crippen LogP contribution in [0.3, 0.4) is 0 Å². The Labute approximate surface area is 171 Å². The summed E-state index contributed by atoms with van der Waals surface area (Å²) >= 11 is 0. The molecule has 1 saturated heterocycles. The maximum atomic E-state index is 12.4. The average Bonchev–Trinajstić information content (AvgIpc) is 2.60. The Morgan fingerprint density at radius 2 is 1.89 bits per heavy atom. The van der Waals surface area contributed by atoms with Gasteiger partial charge >= 0.3 is 5.97 Å². The minimum Gasteiger partial charge on any atom is -0.460 e. The molecule has 0 amide bonds. The second-order valence-electron chi connectivity index (χ2n) is 10.9. The standard InChI is InChI=1S/C22H40O5Si/c1-22(2)14-17-18(26-20(23)15-24-10-11-28(3,4)5)12-16(22)13-19(17)27-21-8-6-7-9-25-21/h16-19,21H,6-15H2,1-5H3/t16-,17-,18+,19-,21-/m0/s1. The van der Waals surface area contributed by atoms with E-state index in [1.54, 1.807) is 0 Å². The van der Waals surface area contributed by atoms with Crippen molar-refractivity contribution in [3.05, 3.63) is 0 Å². The monoisotopic (exact) mass is 412 g/mol. The van der Waals surface area contributed by atoms with Crippen LogP contribution >= 0.6 is 0 Å². The van der Waals surface area contributed by atoms with E-state index in [2.05, 4.69) is 33.5 Å². The van der Waals surface area contributed by atoms with Crippen molar-refractivity contribution in [3.63, 3.8) is 0 Å². The van der Waals surface area contributed by atoms with Gasteiger partial charge in [-0.05, 0) is 55.9 Å². The third-order valence-corrected chi connectivity index (χ3v) is 8.52. The summed E-state index contributed by atoms with van der Waals surface area (Å²) in [4.78, 5) is 12.4. The molecule has 0 aromatic rings. The number of esters is 1. The van der Waals surface area contributed by atoms with Gasteiger partial charge in [0.05, 0.1) is 6.10 Å². The van der Waals surface area contributed by atoms with Crippen LogP contribution in [-0.2, 0) is 23.7 Å². The first kappa shape index (κ1) is 22.3. The van der Waals surface area contributed by atoms with Crippen molar-refractivity contribution in [2.45, 2.75) is 96.6 Å². The van der Waals surface area contributed by atoms with Gasteiger partial charge in [-0.3, -0.25) is 0 Å². The van der Waals surface area contributed by atoms with Crippen LogP contribution in [0, 0.1) is 17.3 Å². The Morgan fingerprint density at radius 1 is 1.14 bits per heavy atom. The fraction of sp³-hybridized carbons (Fsp3) is 0.955. The highest BCUT2D eigenvalue weighted by molar-refractivity contribution is 6.76. The summed E-state index contributed by atoms with van der Waals surface area (Å²) in [7, 11) is -1.13. The maximum Gasteiger partial charge on any atom is 0.332 e. The maximum absolute atomic E-state index is 12.4. The first-order valence-corrected chi connectivity index (χ1v) is 14.9. The van der Waals surface area contributed by atoms with Gasteiger partial charge in [0, 0.05) is 27.2 Å². The SMILES string of the molecule is CC1(C)C[C@@H]2[C@@H](O[C@H]3CCCCO3)C[C@@H]1C[C@H]2OC(=O)COCC[Si](C)(C)C. The first-order chi connectivity index (χ1) is 13.1. The second-order valence-corrected chi connectivity index (χ2v) is 16.5. The van der Waals surface area contributed by atoms with Crippen LogP contribution in [0.4, 0.5) is 0 Å². The van der Waals surface area contributed by atoms with E-state index >= 15 is 0 Å². The topological polar surface area (TPSA) is 54.0 Å². The Hall–Kier alpha value is -0.433. The highest BCUT2D eigenvalue weighted by Crippen LogP contribution is 2.54. The number of ether oxygens (including phenoxy) is 4. The van der Waals surface area contributed by atoms with Gasteiger partial charge in [-0.15, -0.1) is 0 Å². The molecule has 28 heavy (non-hydrogen) atoms. The molecular formula is C22H40O5Si. The lowest BCUT2D eigenvalue weighted by Crippen LogP contribution is -2.55. The Kier molecular flexibility index (Phi) is 7.27. The summed E-state index contributed by atoms with van der Waals surface area (Å²) in [6.45, 7) is 13.1. The van der Waals surface area contributed by atoms with E-state index in [4.69, 9.17) is 18.9 Å². The fourth-order valence-electron chi connectivity index (χ4n) is 4.96. The lowest BCUT2D eigenvalue weighted by Gasteiger charge is -2.55. The quantitative estimate of drug-likeness (QED) is 0.331. The summed E-state index contributed by atoms with van der Waals surface area (Å²) in [5, 5.41) is 0. The van der Waals surface area contributed by atoms with E-state index in [-0.39, 0.29) is 42.4 Å². The van der Waals surface area contributed by atoms with Crippen molar-refractivity contribution in [3.8, 4) is 0 Å². The van der Waals surface area contributed by atoms with Gasteiger partial charge in [-0.1, -0.05) is 33.5 Å². The zero-order valence-electron chi connectivity index (χ0n) is 18.5. The average molecular weight is 413 g/mol. The van der Waals surface area contributed by atoms with Crippen LogP contribution in [0.15, 0.2) is 0 Å². The molecule has 3 saturated carbocycles. The number of carbonyl (C=O) groups is 1. The molecule has 2 bridgehead atoms. The Balaban J connectivity index is 1.51. The van der Waals surface area contributed by atoms with E-state index < -0.39 is 8.07 Å². The van der Waals surface area contributed by atoms with E-state index in [9.17, 15) is 4.79 Å². The number of fused-ring (bicyclic) bond motifs is 3. The molecule has 3 aliphatic carbocycles.